The molecular formula is C38H49ClN4O9. The average Bonchev–Trinajstić information content (AvgIpc) is 3.76. The molecule has 0 spiro atoms. The van der Waals surface area contributed by atoms with Crippen LogP contribution in [0.3, 0.4) is 0 Å². The van der Waals surface area contributed by atoms with Crippen molar-refractivity contribution in [3.05, 3.63) is 76.3 Å². The molecule has 3 heterocycles. The summed E-state index contributed by atoms with van der Waals surface area (Å²) in [6.45, 7) is 5.82. The Morgan fingerprint density at radius 3 is 2.60 bits per heavy atom. The number of anilines is 2. The molecule has 0 aromatic heterocycles. The molecule has 2 aromatic rings. The zero-order valence-corrected chi connectivity index (χ0v) is 31.4. The Balaban J connectivity index is 1.46. The molecule has 0 aliphatic carbocycles. The van der Waals surface area contributed by atoms with Crippen molar-refractivity contribution in [1.29, 1.82) is 0 Å². The summed E-state index contributed by atoms with van der Waals surface area (Å²) in [5.41, 5.74) is 6.65. The molecule has 14 heteroatoms. The first kappa shape index (κ1) is 38.9. The number of likely N-dealkylation sites (N-methyl/N-ethyl adjacent to an activating group) is 1. The topological polar surface area (TPSA) is 165 Å². The van der Waals surface area contributed by atoms with Gasteiger partial charge in [-0.05, 0) is 69.2 Å². The number of methoxy groups -OCH3 is 2. The highest BCUT2D eigenvalue weighted by Gasteiger charge is 2.61. The number of fused-ring (bicyclic) bond motifs is 5. The first-order valence-corrected chi connectivity index (χ1v) is 17.6. The zero-order valence-electron chi connectivity index (χ0n) is 30.7. The van der Waals surface area contributed by atoms with Crippen LogP contribution in [-0.4, -0.2) is 105 Å². The van der Waals surface area contributed by atoms with Crippen LogP contribution in [0.25, 0.3) is 0 Å². The van der Waals surface area contributed by atoms with Gasteiger partial charge in [-0.1, -0.05) is 35.4 Å². The predicted octanol–water partition coefficient (Wildman–Crippen LogP) is 4.64. The molecule has 3 aliphatic rings. The van der Waals surface area contributed by atoms with E-state index in [2.05, 4.69) is 5.32 Å². The highest BCUT2D eigenvalue weighted by molar-refractivity contribution is 6.34. The van der Waals surface area contributed by atoms with E-state index < -0.39 is 53.8 Å². The van der Waals surface area contributed by atoms with E-state index in [1.807, 2.05) is 44.0 Å². The lowest BCUT2D eigenvalue weighted by atomic mass is 9.90. The molecule has 2 aromatic carbocycles. The molecule has 282 valence electrons. The number of hydrogen-bond acceptors (Lipinski definition) is 11. The molecule has 7 atom stereocenters. The van der Waals surface area contributed by atoms with Crippen LogP contribution in [0.4, 0.5) is 16.2 Å². The molecule has 0 radical (unpaired) electrons. The van der Waals surface area contributed by atoms with Crippen molar-refractivity contribution in [3.8, 4) is 5.75 Å². The van der Waals surface area contributed by atoms with Gasteiger partial charge in [0, 0.05) is 58.3 Å². The molecule has 3 aliphatic heterocycles. The quantitative estimate of drug-likeness (QED) is 0.215. The minimum absolute atomic E-state index is 0.0205. The SMILES string of the molecule is COc1cc2cc(c1Cl)N(C)CC[C@H](OC(=O)[C@H](C)N(C)C(=O)c1ccc(N)cc1)[C@]1(C)O[C@H]1C[C@@H]1C[C@@](O)(NC(=O)O1)[C@H](OC)/C=C/C=C(\C)C2. The smallest absolute Gasteiger partial charge is 0.409 e. The standard InChI is InChI=1S/C38H49ClN4O9/c1-22-9-8-10-31(49-7)38(47)21-27(50-36(46)41-38)20-32-37(3,52-32)30(15-16-42(4)28-18-24(17-22)19-29(48-6)33(28)39)51-35(45)23(2)43(5)34(44)25-11-13-26(40)14-12-25/h8-14,18-19,23,27,30-32,47H,15-17,20-21,40H2,1-7H3,(H,41,46)/b10-8+,22-9+/t23-,27+,30-,31+,32-,37-,38-/m0/s1. The molecule has 2 fully saturated rings. The van der Waals surface area contributed by atoms with Gasteiger partial charge in [-0.25, -0.2) is 9.59 Å². The number of carbonyl (C=O) groups is 3. The Hall–Kier alpha value is -4.30. The number of nitrogens with one attached hydrogen (secondary N) is 1. The first-order valence-electron chi connectivity index (χ1n) is 17.2. The van der Waals surface area contributed by atoms with Gasteiger partial charge >= 0.3 is 12.1 Å². The Labute approximate surface area is 309 Å². The van der Waals surface area contributed by atoms with Crippen LogP contribution in [-0.2, 0) is 30.2 Å². The maximum absolute atomic E-state index is 13.8. The normalized spacial score (nSPS) is 30.0. The number of benzene rings is 2. The molecule has 0 saturated carbocycles. The van der Waals surface area contributed by atoms with Crippen LogP contribution < -0.4 is 20.7 Å². The van der Waals surface area contributed by atoms with E-state index in [4.69, 9.17) is 41.0 Å². The number of carbonyl (C=O) groups excluding carboxylic acids is 3. The van der Waals surface area contributed by atoms with E-state index in [0.717, 1.165) is 16.8 Å². The predicted molar refractivity (Wildman–Crippen MR) is 196 cm³/mol. The Morgan fingerprint density at radius 2 is 1.92 bits per heavy atom. The molecule has 4 bridgehead atoms. The number of halogens is 1. The van der Waals surface area contributed by atoms with Gasteiger partial charge in [0.15, 0.2) is 5.72 Å². The van der Waals surface area contributed by atoms with Crippen LogP contribution in [0.2, 0.25) is 5.02 Å². The van der Waals surface area contributed by atoms with E-state index >= 15 is 0 Å². The van der Waals surface area contributed by atoms with Crippen molar-refractivity contribution in [2.75, 3.05) is 45.5 Å². The highest BCUT2D eigenvalue weighted by atomic mass is 35.5. The summed E-state index contributed by atoms with van der Waals surface area (Å²) in [6.07, 6.45) is 2.85. The van der Waals surface area contributed by atoms with Gasteiger partial charge in [0.25, 0.3) is 5.91 Å². The monoisotopic (exact) mass is 740 g/mol. The Bertz CT molecular complexity index is 1720. The summed E-state index contributed by atoms with van der Waals surface area (Å²) in [5.74, 6) is -0.466. The summed E-state index contributed by atoms with van der Waals surface area (Å²) in [6, 6.07) is 9.40. The molecular weight excluding hydrogens is 692 g/mol. The third-order valence-electron chi connectivity index (χ3n) is 10.2. The van der Waals surface area contributed by atoms with Gasteiger partial charge in [0.1, 0.15) is 40.7 Å². The second kappa shape index (κ2) is 15.7. The van der Waals surface area contributed by atoms with Crippen molar-refractivity contribution in [2.45, 2.75) is 88.2 Å². The van der Waals surface area contributed by atoms with Crippen molar-refractivity contribution in [1.82, 2.24) is 10.2 Å². The Kier molecular flexibility index (Phi) is 11.8. The van der Waals surface area contributed by atoms with Crippen LogP contribution in [0, 0.1) is 0 Å². The lowest BCUT2D eigenvalue weighted by Gasteiger charge is -2.40. The highest BCUT2D eigenvalue weighted by Crippen LogP contribution is 2.46. The molecule has 4 N–H and O–H groups in total. The summed E-state index contributed by atoms with van der Waals surface area (Å²) >= 11 is 6.83. The summed E-state index contributed by atoms with van der Waals surface area (Å²) in [5, 5.41) is 14.6. The van der Waals surface area contributed by atoms with Gasteiger partial charge < -0.3 is 44.3 Å². The molecule has 2 amide bonds. The maximum atomic E-state index is 13.8. The fraction of sp³-hybridized carbons (Fsp3) is 0.500. The first-order chi connectivity index (χ1) is 24.6. The van der Waals surface area contributed by atoms with Crippen LogP contribution >= 0.6 is 11.6 Å². The fourth-order valence-corrected chi connectivity index (χ4v) is 7.12. The number of epoxide rings is 1. The number of nitrogens with zero attached hydrogens (tertiary/aromatic N) is 2. The minimum Gasteiger partial charge on any atom is -0.495 e. The number of ether oxygens (including phenoxy) is 5. The van der Waals surface area contributed by atoms with Gasteiger partial charge in [0.05, 0.1) is 18.9 Å². The van der Waals surface area contributed by atoms with Gasteiger partial charge in [0.2, 0.25) is 0 Å². The zero-order chi connectivity index (χ0) is 38.0. The Morgan fingerprint density at radius 1 is 1.21 bits per heavy atom. The molecule has 5 rings (SSSR count). The van der Waals surface area contributed by atoms with Crippen molar-refractivity contribution < 1.29 is 43.2 Å². The number of amides is 2. The summed E-state index contributed by atoms with van der Waals surface area (Å²) < 4.78 is 29.3. The molecule has 52 heavy (non-hydrogen) atoms. The maximum Gasteiger partial charge on any atom is 0.409 e. The summed E-state index contributed by atoms with van der Waals surface area (Å²) in [7, 11) is 6.45. The van der Waals surface area contributed by atoms with Gasteiger partial charge in [-0.3, -0.25) is 10.1 Å². The average molecular weight is 741 g/mol. The van der Waals surface area contributed by atoms with Gasteiger partial charge in [-0.15, -0.1) is 0 Å². The number of nitrogen functional groups attached to an aromatic ring is 1. The van der Waals surface area contributed by atoms with E-state index in [1.165, 1.54) is 19.1 Å². The second-order valence-electron chi connectivity index (χ2n) is 14.0. The lowest BCUT2D eigenvalue weighted by Crippen LogP contribution is -2.62. The third kappa shape index (κ3) is 8.49. The number of esters is 1. The van der Waals surface area contributed by atoms with E-state index in [1.54, 1.807) is 50.5 Å². The fourth-order valence-electron chi connectivity index (χ4n) is 6.79. The van der Waals surface area contributed by atoms with Gasteiger partial charge in [-0.2, -0.15) is 0 Å². The number of allylic oxidation sites excluding steroid dienone is 3. The third-order valence-corrected chi connectivity index (χ3v) is 10.6. The van der Waals surface area contributed by atoms with E-state index in [0.29, 0.717) is 41.4 Å². The lowest BCUT2D eigenvalue weighted by molar-refractivity contribution is -0.157. The number of aliphatic hydroxyl groups is 1. The number of nitrogens with two attached hydrogens (primary N) is 1. The minimum atomic E-state index is -1.76. The van der Waals surface area contributed by atoms with E-state index in [-0.39, 0.29) is 18.7 Å². The van der Waals surface area contributed by atoms with Crippen LogP contribution in [0.5, 0.6) is 5.75 Å². The largest absolute Gasteiger partial charge is 0.495 e. The van der Waals surface area contributed by atoms with Crippen molar-refractivity contribution >= 4 is 40.9 Å². The van der Waals surface area contributed by atoms with Crippen LogP contribution in [0.1, 0.15) is 56.0 Å². The van der Waals surface area contributed by atoms with Crippen molar-refractivity contribution in [3.63, 3.8) is 0 Å². The van der Waals surface area contributed by atoms with Crippen LogP contribution in [0.15, 0.2) is 60.2 Å². The summed E-state index contributed by atoms with van der Waals surface area (Å²) in [4.78, 5) is 43.0. The second-order valence-corrected chi connectivity index (χ2v) is 14.4. The molecule has 0 unspecified atom stereocenters. The molecule has 2 saturated heterocycles. The number of alkyl carbamates (subject to hydrolysis) is 1. The molecule has 13 nitrogen and oxygen atoms in total. The van der Waals surface area contributed by atoms with E-state index in [9.17, 15) is 19.5 Å². The number of rotatable bonds is 6. The number of hydrogen-bond donors (Lipinski definition) is 3. The van der Waals surface area contributed by atoms with Crippen molar-refractivity contribution in [2.24, 2.45) is 0 Å².